The number of aliphatic hydroxyl groups is 1. The number of ether oxygens (including phenoxy) is 1. The average Bonchev–Trinajstić information content (AvgIpc) is 2.39. The summed E-state index contributed by atoms with van der Waals surface area (Å²) in [5.74, 6) is 0.921. The monoisotopic (exact) mass is 237 g/mol. The normalized spacial score (nSPS) is 12.4. The van der Waals surface area contributed by atoms with Crippen LogP contribution in [-0.2, 0) is 6.54 Å². The summed E-state index contributed by atoms with van der Waals surface area (Å²) in [6.45, 7) is 5.90. The van der Waals surface area contributed by atoms with Gasteiger partial charge in [-0.2, -0.15) is 0 Å². The second-order valence-corrected chi connectivity index (χ2v) is 4.16. The van der Waals surface area contributed by atoms with E-state index in [9.17, 15) is 0 Å². The maximum atomic E-state index is 9.06. The molecule has 0 saturated carbocycles. The van der Waals surface area contributed by atoms with Gasteiger partial charge >= 0.3 is 0 Å². The van der Waals surface area contributed by atoms with E-state index in [0.29, 0.717) is 0 Å². The van der Waals surface area contributed by atoms with Gasteiger partial charge in [0.25, 0.3) is 0 Å². The highest BCUT2D eigenvalue weighted by molar-refractivity contribution is 5.27. The fourth-order valence-corrected chi connectivity index (χ4v) is 1.52. The molecule has 0 aliphatic rings. The minimum Gasteiger partial charge on any atom is -0.494 e. The van der Waals surface area contributed by atoms with Crippen LogP contribution in [-0.4, -0.2) is 24.4 Å². The van der Waals surface area contributed by atoms with Crippen molar-refractivity contribution < 1.29 is 9.84 Å². The molecule has 1 aromatic rings. The second-order valence-electron chi connectivity index (χ2n) is 4.16. The molecule has 3 nitrogen and oxygen atoms in total. The van der Waals surface area contributed by atoms with Crippen LogP contribution in [0.1, 0.15) is 32.3 Å². The van der Waals surface area contributed by atoms with Gasteiger partial charge in [-0.3, -0.25) is 0 Å². The number of hydrogen-bond acceptors (Lipinski definition) is 3. The first kappa shape index (κ1) is 14.0. The Morgan fingerprint density at radius 2 is 1.94 bits per heavy atom. The molecule has 0 saturated heterocycles. The average molecular weight is 237 g/mol. The van der Waals surface area contributed by atoms with Crippen molar-refractivity contribution in [2.45, 2.75) is 39.3 Å². The van der Waals surface area contributed by atoms with Crippen LogP contribution in [0, 0.1) is 0 Å². The maximum absolute atomic E-state index is 9.06. The lowest BCUT2D eigenvalue weighted by Gasteiger charge is -2.14. The van der Waals surface area contributed by atoms with Gasteiger partial charge in [-0.05, 0) is 30.5 Å². The Bertz CT molecular complexity index is 294. The van der Waals surface area contributed by atoms with Crippen molar-refractivity contribution in [1.29, 1.82) is 0 Å². The molecule has 0 aromatic heterocycles. The van der Waals surface area contributed by atoms with Gasteiger partial charge < -0.3 is 15.2 Å². The molecule has 0 radical (unpaired) electrons. The minimum atomic E-state index is 0.186. The summed E-state index contributed by atoms with van der Waals surface area (Å²) in [6.07, 6.45) is 1.96. The highest BCUT2D eigenvalue weighted by atomic mass is 16.5. The van der Waals surface area contributed by atoms with E-state index in [4.69, 9.17) is 9.84 Å². The lowest BCUT2D eigenvalue weighted by molar-refractivity contribution is 0.238. The molecule has 0 fully saturated rings. The molecule has 17 heavy (non-hydrogen) atoms. The smallest absolute Gasteiger partial charge is 0.119 e. The zero-order chi connectivity index (χ0) is 12.5. The van der Waals surface area contributed by atoms with E-state index < -0.39 is 0 Å². The maximum Gasteiger partial charge on any atom is 0.119 e. The van der Waals surface area contributed by atoms with Crippen LogP contribution in [0.3, 0.4) is 0 Å². The van der Waals surface area contributed by atoms with E-state index in [2.05, 4.69) is 31.3 Å². The van der Waals surface area contributed by atoms with Gasteiger partial charge in [0.1, 0.15) is 5.75 Å². The van der Waals surface area contributed by atoms with Crippen LogP contribution in [0.5, 0.6) is 5.75 Å². The van der Waals surface area contributed by atoms with E-state index in [-0.39, 0.29) is 12.6 Å². The molecule has 0 bridgehead atoms. The van der Waals surface area contributed by atoms with Crippen LogP contribution in [0.4, 0.5) is 0 Å². The van der Waals surface area contributed by atoms with Gasteiger partial charge in [-0.15, -0.1) is 0 Å². The topological polar surface area (TPSA) is 41.5 Å². The van der Waals surface area contributed by atoms with Crippen molar-refractivity contribution in [3.05, 3.63) is 29.8 Å². The third kappa shape index (κ3) is 5.20. The number of benzene rings is 1. The molecule has 0 heterocycles. The molecule has 0 aliphatic carbocycles. The fourth-order valence-electron chi connectivity index (χ4n) is 1.52. The van der Waals surface area contributed by atoms with Gasteiger partial charge in [0.15, 0.2) is 0 Å². The number of rotatable bonds is 8. The number of hydrogen-bond donors (Lipinski definition) is 2. The summed E-state index contributed by atoms with van der Waals surface area (Å²) in [5, 5.41) is 12.4. The molecule has 0 spiro atoms. The Morgan fingerprint density at radius 3 is 2.47 bits per heavy atom. The van der Waals surface area contributed by atoms with E-state index in [1.165, 1.54) is 5.56 Å². The molecule has 0 unspecified atom stereocenters. The van der Waals surface area contributed by atoms with Gasteiger partial charge in [-0.1, -0.05) is 26.0 Å². The zero-order valence-corrected chi connectivity index (χ0v) is 10.8. The summed E-state index contributed by atoms with van der Waals surface area (Å²) in [7, 11) is 0. The Labute approximate surface area is 104 Å². The molecule has 1 rings (SSSR count). The first-order valence-electron chi connectivity index (χ1n) is 6.36. The first-order valence-corrected chi connectivity index (χ1v) is 6.36. The van der Waals surface area contributed by atoms with Crippen molar-refractivity contribution in [2.24, 2.45) is 0 Å². The van der Waals surface area contributed by atoms with Crippen molar-refractivity contribution in [2.75, 3.05) is 13.2 Å². The second kappa shape index (κ2) is 8.09. The summed E-state index contributed by atoms with van der Waals surface area (Å²) in [5.41, 5.74) is 1.21. The predicted molar refractivity (Wildman–Crippen MR) is 70.2 cm³/mol. The largest absolute Gasteiger partial charge is 0.494 e. The predicted octanol–water partition coefficient (Wildman–Crippen LogP) is 2.34. The summed E-state index contributed by atoms with van der Waals surface area (Å²) >= 11 is 0. The van der Waals surface area contributed by atoms with E-state index in [1.54, 1.807) is 0 Å². The first-order chi connectivity index (χ1) is 8.30. The van der Waals surface area contributed by atoms with E-state index >= 15 is 0 Å². The van der Waals surface area contributed by atoms with Crippen LogP contribution in [0.15, 0.2) is 24.3 Å². The summed E-state index contributed by atoms with van der Waals surface area (Å²) in [4.78, 5) is 0. The number of nitrogens with one attached hydrogen (secondary N) is 1. The molecule has 3 heteroatoms. The van der Waals surface area contributed by atoms with Crippen molar-refractivity contribution in [3.63, 3.8) is 0 Å². The van der Waals surface area contributed by atoms with Crippen molar-refractivity contribution in [3.8, 4) is 5.75 Å². The molecule has 2 N–H and O–H groups in total. The molecule has 96 valence electrons. The van der Waals surface area contributed by atoms with Crippen LogP contribution < -0.4 is 10.1 Å². The number of aliphatic hydroxyl groups excluding tert-OH is 1. The highest BCUT2D eigenvalue weighted by Gasteiger charge is 2.03. The van der Waals surface area contributed by atoms with Crippen LogP contribution in [0.2, 0.25) is 0 Å². The van der Waals surface area contributed by atoms with Gasteiger partial charge in [0, 0.05) is 12.6 Å². The Kier molecular flexibility index (Phi) is 6.67. The van der Waals surface area contributed by atoms with Gasteiger partial charge in [0.05, 0.1) is 13.2 Å². The molecular weight excluding hydrogens is 214 g/mol. The standard InChI is InChI=1S/C14H23NO2/c1-3-9-17-14-7-5-12(6-8-14)10-15-13(4-2)11-16/h5-8,13,15-16H,3-4,9-11H2,1-2H3/t13-/m0/s1. The van der Waals surface area contributed by atoms with Crippen molar-refractivity contribution >= 4 is 0 Å². The lowest BCUT2D eigenvalue weighted by Crippen LogP contribution is -2.31. The Hall–Kier alpha value is -1.06. The minimum absolute atomic E-state index is 0.186. The molecule has 0 aliphatic heterocycles. The summed E-state index contributed by atoms with van der Waals surface area (Å²) in [6, 6.07) is 8.29. The van der Waals surface area contributed by atoms with Gasteiger partial charge in [-0.25, -0.2) is 0 Å². The molecule has 0 amide bonds. The van der Waals surface area contributed by atoms with Crippen LogP contribution in [0.25, 0.3) is 0 Å². The zero-order valence-electron chi connectivity index (χ0n) is 10.8. The lowest BCUT2D eigenvalue weighted by atomic mass is 10.2. The Balaban J connectivity index is 2.39. The SMILES string of the molecule is CCCOc1ccc(CN[C@@H](CC)CO)cc1. The third-order valence-corrected chi connectivity index (χ3v) is 2.70. The van der Waals surface area contributed by atoms with E-state index in [1.807, 2.05) is 12.1 Å². The molecular formula is C14H23NO2. The summed E-state index contributed by atoms with van der Waals surface area (Å²) < 4.78 is 5.52. The van der Waals surface area contributed by atoms with Crippen molar-refractivity contribution in [1.82, 2.24) is 5.32 Å². The van der Waals surface area contributed by atoms with Crippen LogP contribution >= 0.6 is 0 Å². The molecule has 1 atom stereocenters. The third-order valence-electron chi connectivity index (χ3n) is 2.70. The fraction of sp³-hybridized carbons (Fsp3) is 0.571. The van der Waals surface area contributed by atoms with E-state index in [0.717, 1.165) is 31.7 Å². The molecule has 1 aromatic carbocycles. The highest BCUT2D eigenvalue weighted by Crippen LogP contribution is 2.12. The van der Waals surface area contributed by atoms with Gasteiger partial charge in [0.2, 0.25) is 0 Å². The quantitative estimate of drug-likeness (QED) is 0.729. The Morgan fingerprint density at radius 1 is 1.24 bits per heavy atom.